The van der Waals surface area contributed by atoms with E-state index in [0.717, 1.165) is 18.5 Å². The molecule has 1 saturated heterocycles. The SMILES string of the molecule is O=C(O)[C@@H]1C[C@@H]2CCCC[C@@H]2N1Cc1ccon1. The standard InChI is InChI=1S/C13H18N2O3/c16-13(17)12-7-9-3-1-2-4-11(9)15(12)8-10-5-6-18-14-10/h5-6,9,11-12H,1-4,7-8H2,(H,16,17)/t9-,11-,12-/m0/s1. The van der Waals surface area contributed by atoms with Crippen LogP contribution in [-0.2, 0) is 11.3 Å². The number of aromatic nitrogens is 1. The summed E-state index contributed by atoms with van der Waals surface area (Å²) in [6.45, 7) is 0.592. The Hall–Kier alpha value is -1.36. The van der Waals surface area contributed by atoms with Crippen LogP contribution in [0.3, 0.4) is 0 Å². The highest BCUT2D eigenvalue weighted by Crippen LogP contribution is 2.40. The van der Waals surface area contributed by atoms with Crippen molar-refractivity contribution in [3.8, 4) is 0 Å². The zero-order valence-electron chi connectivity index (χ0n) is 10.3. The predicted molar refractivity (Wildman–Crippen MR) is 63.8 cm³/mol. The Kier molecular flexibility index (Phi) is 3.07. The summed E-state index contributed by atoms with van der Waals surface area (Å²) in [6, 6.07) is 1.88. The molecule has 0 radical (unpaired) electrons. The molecule has 1 aliphatic heterocycles. The van der Waals surface area contributed by atoms with Gasteiger partial charge in [0, 0.05) is 18.7 Å². The smallest absolute Gasteiger partial charge is 0.320 e. The first-order valence-electron chi connectivity index (χ1n) is 6.63. The number of likely N-dealkylation sites (tertiary alicyclic amines) is 1. The van der Waals surface area contributed by atoms with Gasteiger partial charge in [-0.25, -0.2) is 0 Å². The molecule has 0 unspecified atom stereocenters. The Labute approximate surface area is 106 Å². The molecule has 2 heterocycles. The second-order valence-electron chi connectivity index (χ2n) is 5.36. The van der Waals surface area contributed by atoms with Crippen LogP contribution in [0.4, 0.5) is 0 Å². The highest BCUT2D eigenvalue weighted by atomic mass is 16.5. The van der Waals surface area contributed by atoms with Crippen LogP contribution in [0.25, 0.3) is 0 Å². The zero-order chi connectivity index (χ0) is 12.5. The number of carboxylic acids is 1. The normalized spacial score (nSPS) is 32.3. The van der Waals surface area contributed by atoms with Crippen molar-refractivity contribution in [3.05, 3.63) is 18.0 Å². The van der Waals surface area contributed by atoms with Gasteiger partial charge in [0.15, 0.2) is 0 Å². The maximum Gasteiger partial charge on any atom is 0.320 e. The Morgan fingerprint density at radius 3 is 3.06 bits per heavy atom. The Morgan fingerprint density at radius 2 is 2.33 bits per heavy atom. The number of nitrogens with zero attached hydrogens (tertiary/aromatic N) is 2. The third-order valence-corrected chi connectivity index (χ3v) is 4.34. The van der Waals surface area contributed by atoms with Gasteiger partial charge in [0.1, 0.15) is 12.3 Å². The van der Waals surface area contributed by atoms with E-state index in [1.165, 1.54) is 19.3 Å². The number of hydrogen-bond donors (Lipinski definition) is 1. The van der Waals surface area contributed by atoms with Gasteiger partial charge in [0.05, 0.1) is 5.69 Å². The first-order chi connectivity index (χ1) is 8.75. The minimum atomic E-state index is -0.701. The molecule has 0 spiro atoms. The number of hydrogen-bond acceptors (Lipinski definition) is 4. The van der Waals surface area contributed by atoms with Crippen LogP contribution in [0.15, 0.2) is 16.9 Å². The topological polar surface area (TPSA) is 66.6 Å². The number of carbonyl (C=O) groups is 1. The van der Waals surface area contributed by atoms with Gasteiger partial charge in [-0.15, -0.1) is 0 Å². The maximum atomic E-state index is 11.4. The lowest BCUT2D eigenvalue weighted by atomic mass is 9.85. The molecule has 1 aromatic heterocycles. The molecule has 1 N–H and O–H groups in total. The largest absolute Gasteiger partial charge is 0.480 e. The fraction of sp³-hybridized carbons (Fsp3) is 0.692. The van der Waals surface area contributed by atoms with Gasteiger partial charge in [-0.05, 0) is 25.2 Å². The summed E-state index contributed by atoms with van der Waals surface area (Å²) < 4.78 is 4.83. The monoisotopic (exact) mass is 250 g/mol. The third-order valence-electron chi connectivity index (χ3n) is 4.34. The van der Waals surface area contributed by atoms with Crippen molar-refractivity contribution in [2.75, 3.05) is 0 Å². The van der Waals surface area contributed by atoms with Crippen LogP contribution in [0.5, 0.6) is 0 Å². The van der Waals surface area contributed by atoms with Gasteiger partial charge in [0.2, 0.25) is 0 Å². The van der Waals surface area contributed by atoms with E-state index in [1.807, 2.05) is 6.07 Å². The highest BCUT2D eigenvalue weighted by Gasteiger charge is 2.45. The average Bonchev–Trinajstić information content (AvgIpc) is 2.98. The summed E-state index contributed by atoms with van der Waals surface area (Å²) in [5.41, 5.74) is 0.826. The third kappa shape index (κ3) is 2.03. The summed E-state index contributed by atoms with van der Waals surface area (Å²) in [7, 11) is 0. The van der Waals surface area contributed by atoms with E-state index in [0.29, 0.717) is 18.5 Å². The molecule has 0 amide bonds. The molecule has 2 fully saturated rings. The molecular weight excluding hydrogens is 232 g/mol. The number of aliphatic carboxylic acids is 1. The summed E-state index contributed by atoms with van der Waals surface area (Å²) in [4.78, 5) is 13.5. The van der Waals surface area contributed by atoms with Crippen molar-refractivity contribution >= 4 is 5.97 Å². The van der Waals surface area contributed by atoms with Gasteiger partial charge in [-0.2, -0.15) is 0 Å². The zero-order valence-corrected chi connectivity index (χ0v) is 10.3. The first kappa shape index (κ1) is 11.7. The minimum Gasteiger partial charge on any atom is -0.480 e. The van der Waals surface area contributed by atoms with E-state index in [1.54, 1.807) is 6.26 Å². The van der Waals surface area contributed by atoms with Crippen molar-refractivity contribution in [2.24, 2.45) is 5.92 Å². The second-order valence-corrected chi connectivity index (χ2v) is 5.36. The molecule has 0 bridgehead atoms. The summed E-state index contributed by atoms with van der Waals surface area (Å²) in [6.07, 6.45) is 7.07. The first-order valence-corrected chi connectivity index (χ1v) is 6.63. The van der Waals surface area contributed by atoms with Crippen molar-refractivity contribution in [2.45, 2.75) is 50.7 Å². The summed E-state index contributed by atoms with van der Waals surface area (Å²) >= 11 is 0. The van der Waals surface area contributed by atoms with Crippen LogP contribution in [-0.4, -0.2) is 33.2 Å². The molecule has 1 saturated carbocycles. The molecule has 1 aliphatic carbocycles. The van der Waals surface area contributed by atoms with Crippen molar-refractivity contribution in [1.82, 2.24) is 10.1 Å². The van der Waals surface area contributed by atoms with E-state index in [2.05, 4.69) is 10.1 Å². The second kappa shape index (κ2) is 4.72. The van der Waals surface area contributed by atoms with Gasteiger partial charge in [-0.3, -0.25) is 9.69 Å². The fourth-order valence-electron chi connectivity index (χ4n) is 3.53. The average molecular weight is 250 g/mol. The molecule has 18 heavy (non-hydrogen) atoms. The number of rotatable bonds is 3. The van der Waals surface area contributed by atoms with Crippen LogP contribution < -0.4 is 0 Å². The lowest BCUT2D eigenvalue weighted by molar-refractivity contribution is -0.142. The molecule has 3 rings (SSSR count). The van der Waals surface area contributed by atoms with Gasteiger partial charge in [0.25, 0.3) is 0 Å². The molecule has 5 heteroatoms. The van der Waals surface area contributed by atoms with E-state index in [4.69, 9.17) is 4.52 Å². The maximum absolute atomic E-state index is 11.4. The lowest BCUT2D eigenvalue weighted by Crippen LogP contribution is -2.41. The van der Waals surface area contributed by atoms with Crippen LogP contribution in [0.1, 0.15) is 37.8 Å². The molecular formula is C13H18N2O3. The van der Waals surface area contributed by atoms with Gasteiger partial charge >= 0.3 is 5.97 Å². The van der Waals surface area contributed by atoms with Crippen LogP contribution in [0.2, 0.25) is 0 Å². The summed E-state index contributed by atoms with van der Waals surface area (Å²) in [5, 5.41) is 13.3. The van der Waals surface area contributed by atoms with E-state index >= 15 is 0 Å². The summed E-state index contributed by atoms with van der Waals surface area (Å²) in [5.74, 6) is -0.153. The predicted octanol–water partition coefficient (Wildman–Crippen LogP) is 1.89. The minimum absolute atomic E-state index is 0.352. The van der Waals surface area contributed by atoms with Crippen molar-refractivity contribution in [1.29, 1.82) is 0 Å². The molecule has 3 atom stereocenters. The molecule has 2 aliphatic rings. The van der Waals surface area contributed by atoms with Crippen LogP contribution >= 0.6 is 0 Å². The van der Waals surface area contributed by atoms with Crippen molar-refractivity contribution in [3.63, 3.8) is 0 Å². The van der Waals surface area contributed by atoms with Gasteiger partial charge in [-0.1, -0.05) is 18.0 Å². The molecule has 0 aromatic carbocycles. The van der Waals surface area contributed by atoms with E-state index in [9.17, 15) is 9.90 Å². The van der Waals surface area contributed by atoms with Gasteiger partial charge < -0.3 is 9.63 Å². The number of fused-ring (bicyclic) bond motifs is 1. The van der Waals surface area contributed by atoms with E-state index < -0.39 is 5.97 Å². The Balaban J connectivity index is 1.80. The fourth-order valence-corrected chi connectivity index (χ4v) is 3.53. The number of carboxylic acid groups (broad SMARTS) is 1. The van der Waals surface area contributed by atoms with E-state index in [-0.39, 0.29) is 6.04 Å². The molecule has 5 nitrogen and oxygen atoms in total. The lowest BCUT2D eigenvalue weighted by Gasteiger charge is -2.32. The molecule has 98 valence electrons. The molecule has 1 aromatic rings. The van der Waals surface area contributed by atoms with Crippen LogP contribution in [0, 0.1) is 5.92 Å². The quantitative estimate of drug-likeness (QED) is 0.887. The van der Waals surface area contributed by atoms with Crippen molar-refractivity contribution < 1.29 is 14.4 Å². The Bertz CT molecular complexity index is 418. The highest BCUT2D eigenvalue weighted by molar-refractivity contribution is 5.74. The Morgan fingerprint density at radius 1 is 1.50 bits per heavy atom.